The fourth-order valence-corrected chi connectivity index (χ4v) is 3.20. The first-order valence-corrected chi connectivity index (χ1v) is 8.56. The van der Waals surface area contributed by atoms with Crippen LogP contribution in [-0.2, 0) is 4.79 Å². The molecule has 0 aromatic heterocycles. The molecule has 1 saturated heterocycles. The fraction of sp³-hybridized carbons (Fsp3) is 0.611. The van der Waals surface area contributed by atoms with Gasteiger partial charge in [0.15, 0.2) is 0 Å². The first-order valence-electron chi connectivity index (χ1n) is 8.56. The molecule has 2 aliphatic rings. The molecule has 3 rings (SSSR count). The van der Waals surface area contributed by atoms with Gasteiger partial charge in [-0.05, 0) is 49.8 Å². The van der Waals surface area contributed by atoms with Crippen molar-refractivity contribution in [2.75, 3.05) is 0 Å². The van der Waals surface area contributed by atoms with E-state index >= 15 is 0 Å². The monoisotopic (exact) mass is 319 g/mol. The van der Waals surface area contributed by atoms with Gasteiger partial charge in [0.2, 0.25) is 5.91 Å². The molecule has 2 N–H and O–H groups in total. The standard InChI is InChI=1S/C18H26FN3O/c1-11(2)12(3)22(15-8-9-15)18(23)17-10-16(20-21-17)13-4-6-14(19)7-5-13/h4-7,11-12,15-17,20-21H,8-10H2,1-3H3. The molecule has 1 amide bonds. The molecule has 2 fully saturated rings. The van der Waals surface area contributed by atoms with Crippen LogP contribution in [0.2, 0.25) is 0 Å². The van der Waals surface area contributed by atoms with Crippen molar-refractivity contribution < 1.29 is 9.18 Å². The van der Waals surface area contributed by atoms with Crippen molar-refractivity contribution in [1.29, 1.82) is 0 Å². The van der Waals surface area contributed by atoms with Crippen molar-refractivity contribution in [1.82, 2.24) is 15.8 Å². The summed E-state index contributed by atoms with van der Waals surface area (Å²) in [6.45, 7) is 6.46. The van der Waals surface area contributed by atoms with Crippen LogP contribution in [0.15, 0.2) is 24.3 Å². The van der Waals surface area contributed by atoms with E-state index in [-0.39, 0.29) is 29.8 Å². The van der Waals surface area contributed by atoms with Crippen molar-refractivity contribution in [3.63, 3.8) is 0 Å². The normalized spacial score (nSPS) is 25.6. The topological polar surface area (TPSA) is 44.4 Å². The molecule has 1 aliphatic heterocycles. The van der Waals surface area contributed by atoms with Gasteiger partial charge in [0, 0.05) is 18.1 Å². The van der Waals surface area contributed by atoms with Crippen LogP contribution < -0.4 is 10.9 Å². The summed E-state index contributed by atoms with van der Waals surface area (Å²) in [4.78, 5) is 15.0. The maximum absolute atomic E-state index is 13.0. The number of halogens is 1. The van der Waals surface area contributed by atoms with E-state index in [1.807, 2.05) is 0 Å². The van der Waals surface area contributed by atoms with Crippen LogP contribution in [0.3, 0.4) is 0 Å². The average molecular weight is 319 g/mol. The van der Waals surface area contributed by atoms with Crippen LogP contribution >= 0.6 is 0 Å². The lowest BCUT2D eigenvalue weighted by Crippen LogP contribution is -2.51. The molecule has 1 aromatic carbocycles. The Labute approximate surface area is 137 Å². The molecule has 1 aromatic rings. The largest absolute Gasteiger partial charge is 0.335 e. The van der Waals surface area contributed by atoms with Crippen LogP contribution in [-0.4, -0.2) is 28.9 Å². The molecular weight excluding hydrogens is 293 g/mol. The maximum atomic E-state index is 13.0. The Morgan fingerprint density at radius 2 is 1.83 bits per heavy atom. The minimum Gasteiger partial charge on any atom is -0.335 e. The summed E-state index contributed by atoms with van der Waals surface area (Å²) < 4.78 is 13.0. The van der Waals surface area contributed by atoms with Gasteiger partial charge in [-0.15, -0.1) is 0 Å². The number of carbonyl (C=O) groups excluding carboxylic acids is 1. The van der Waals surface area contributed by atoms with Crippen LogP contribution in [0.4, 0.5) is 4.39 Å². The van der Waals surface area contributed by atoms with Crippen molar-refractivity contribution in [2.45, 2.75) is 64.2 Å². The summed E-state index contributed by atoms with van der Waals surface area (Å²) in [7, 11) is 0. The molecule has 1 saturated carbocycles. The lowest BCUT2D eigenvalue weighted by Gasteiger charge is -2.34. The van der Waals surface area contributed by atoms with Gasteiger partial charge >= 0.3 is 0 Å². The number of nitrogens with one attached hydrogen (secondary N) is 2. The molecule has 3 atom stereocenters. The maximum Gasteiger partial charge on any atom is 0.241 e. The molecule has 0 radical (unpaired) electrons. The first kappa shape index (κ1) is 16.4. The highest BCUT2D eigenvalue weighted by Gasteiger charge is 2.41. The molecule has 4 nitrogen and oxygen atoms in total. The third-order valence-electron chi connectivity index (χ3n) is 5.07. The van der Waals surface area contributed by atoms with Crippen LogP contribution in [0.5, 0.6) is 0 Å². The van der Waals surface area contributed by atoms with Crippen molar-refractivity contribution >= 4 is 5.91 Å². The molecule has 1 heterocycles. The third-order valence-corrected chi connectivity index (χ3v) is 5.07. The predicted octanol–water partition coefficient (Wildman–Crippen LogP) is 2.77. The highest BCUT2D eigenvalue weighted by atomic mass is 19.1. The number of hydrazine groups is 1. The molecule has 0 bridgehead atoms. The van der Waals surface area contributed by atoms with Gasteiger partial charge in [0.05, 0.1) is 0 Å². The molecule has 23 heavy (non-hydrogen) atoms. The van der Waals surface area contributed by atoms with Crippen LogP contribution in [0.25, 0.3) is 0 Å². The van der Waals surface area contributed by atoms with E-state index in [9.17, 15) is 9.18 Å². The quantitative estimate of drug-likeness (QED) is 0.877. The van der Waals surface area contributed by atoms with Crippen LogP contribution in [0.1, 0.15) is 51.6 Å². The smallest absolute Gasteiger partial charge is 0.241 e. The Hall–Kier alpha value is -1.46. The summed E-state index contributed by atoms with van der Waals surface area (Å²) in [6.07, 6.45) is 2.92. The zero-order chi connectivity index (χ0) is 16.6. The number of hydrogen-bond acceptors (Lipinski definition) is 3. The summed E-state index contributed by atoms with van der Waals surface area (Å²) in [5, 5.41) is 0. The number of rotatable bonds is 5. The Morgan fingerprint density at radius 1 is 1.17 bits per heavy atom. The van der Waals surface area contributed by atoms with Crippen molar-refractivity contribution in [3.8, 4) is 0 Å². The van der Waals surface area contributed by atoms with E-state index in [2.05, 4.69) is 36.5 Å². The fourth-order valence-electron chi connectivity index (χ4n) is 3.20. The first-order chi connectivity index (χ1) is 11.0. The Balaban J connectivity index is 1.67. The van der Waals surface area contributed by atoms with E-state index in [4.69, 9.17) is 0 Å². The molecule has 1 aliphatic carbocycles. The lowest BCUT2D eigenvalue weighted by molar-refractivity contribution is -0.136. The third kappa shape index (κ3) is 3.56. The summed E-state index contributed by atoms with van der Waals surface area (Å²) >= 11 is 0. The minimum atomic E-state index is -0.238. The van der Waals surface area contributed by atoms with E-state index in [0.29, 0.717) is 18.4 Å². The molecular formula is C18H26FN3O. The van der Waals surface area contributed by atoms with E-state index in [0.717, 1.165) is 18.4 Å². The van der Waals surface area contributed by atoms with E-state index in [1.165, 1.54) is 12.1 Å². The number of amides is 1. The van der Waals surface area contributed by atoms with Crippen LogP contribution in [0, 0.1) is 11.7 Å². The van der Waals surface area contributed by atoms with Gasteiger partial charge in [0.25, 0.3) is 0 Å². The Bertz CT molecular complexity index is 556. The second-order valence-electron chi connectivity index (χ2n) is 7.14. The van der Waals surface area contributed by atoms with Gasteiger partial charge in [-0.25, -0.2) is 15.2 Å². The minimum absolute atomic E-state index is 0.0416. The Morgan fingerprint density at radius 3 is 2.39 bits per heavy atom. The number of hydrogen-bond donors (Lipinski definition) is 2. The van der Waals surface area contributed by atoms with E-state index in [1.54, 1.807) is 12.1 Å². The molecule has 126 valence electrons. The number of nitrogens with zero attached hydrogens (tertiary/aromatic N) is 1. The zero-order valence-corrected chi connectivity index (χ0v) is 14.1. The highest BCUT2D eigenvalue weighted by molar-refractivity contribution is 5.83. The predicted molar refractivity (Wildman–Crippen MR) is 88.0 cm³/mol. The molecule has 3 unspecified atom stereocenters. The van der Waals surface area contributed by atoms with Gasteiger partial charge in [-0.1, -0.05) is 26.0 Å². The van der Waals surface area contributed by atoms with Gasteiger partial charge in [-0.2, -0.15) is 0 Å². The van der Waals surface area contributed by atoms with E-state index < -0.39 is 0 Å². The average Bonchev–Trinajstić information content (AvgIpc) is 3.23. The Kier molecular flexibility index (Phi) is 4.69. The van der Waals surface area contributed by atoms with Crippen molar-refractivity contribution in [3.05, 3.63) is 35.6 Å². The molecule has 5 heteroatoms. The van der Waals surface area contributed by atoms with Gasteiger partial charge in [0.1, 0.15) is 11.9 Å². The zero-order valence-electron chi connectivity index (χ0n) is 14.1. The summed E-state index contributed by atoms with van der Waals surface area (Å²) in [6, 6.07) is 6.96. The van der Waals surface area contributed by atoms with Crippen molar-refractivity contribution in [2.24, 2.45) is 5.92 Å². The SMILES string of the molecule is CC(C)C(C)N(C(=O)C1CC(c2ccc(F)cc2)NN1)C1CC1. The van der Waals surface area contributed by atoms with Gasteiger partial charge < -0.3 is 4.90 Å². The lowest BCUT2D eigenvalue weighted by atomic mass is 9.99. The summed E-state index contributed by atoms with van der Waals surface area (Å²) in [5.74, 6) is 0.394. The second-order valence-corrected chi connectivity index (χ2v) is 7.14. The second kappa shape index (κ2) is 6.57. The number of benzene rings is 1. The highest BCUT2D eigenvalue weighted by Crippen LogP contribution is 2.33. The number of carbonyl (C=O) groups is 1. The summed E-state index contributed by atoms with van der Waals surface area (Å²) in [5.41, 5.74) is 7.33. The van der Waals surface area contributed by atoms with Gasteiger partial charge in [-0.3, -0.25) is 4.79 Å². The molecule has 0 spiro atoms.